The van der Waals surface area contributed by atoms with Crippen LogP contribution in [0.5, 0.6) is 0 Å². The summed E-state index contributed by atoms with van der Waals surface area (Å²) in [7, 11) is 0. The maximum atomic E-state index is 6.04. The Kier molecular flexibility index (Phi) is 9.87. The molecule has 0 spiro atoms. The molecule has 0 aliphatic carbocycles. The number of nitrogens with two attached hydrogens (primary N) is 2. The van der Waals surface area contributed by atoms with E-state index >= 15 is 0 Å². The molecule has 4 N–H and O–H groups in total. The molecule has 0 unspecified atom stereocenters. The lowest BCUT2D eigenvalue weighted by atomic mass is 9.95. The minimum absolute atomic E-state index is 0.894. The fourth-order valence-corrected chi connectivity index (χ4v) is 5.48. The Balaban J connectivity index is 1.14. The molecule has 4 aromatic carbocycles. The first kappa shape index (κ1) is 28.5. The van der Waals surface area contributed by atoms with Crippen LogP contribution in [0.2, 0.25) is 0 Å². The maximum Gasteiger partial charge on any atom is 0.0346 e. The van der Waals surface area contributed by atoms with Crippen molar-refractivity contribution in [2.24, 2.45) is 0 Å². The first-order chi connectivity index (χ1) is 18.8. The Morgan fingerprint density at radius 3 is 1.05 bits per heavy atom. The van der Waals surface area contributed by atoms with E-state index in [0.29, 0.717) is 0 Å². The van der Waals surface area contributed by atoms with Gasteiger partial charge in [0.05, 0.1) is 0 Å². The number of unbranched alkanes of at least 4 members (excludes halogenated alkanes) is 2. The largest absolute Gasteiger partial charge is 0.399 e. The van der Waals surface area contributed by atoms with Gasteiger partial charge in [-0.1, -0.05) is 67.1 Å². The van der Waals surface area contributed by atoms with Gasteiger partial charge in [0.1, 0.15) is 0 Å². The van der Waals surface area contributed by atoms with Gasteiger partial charge in [-0.05, 0) is 147 Å². The molecule has 0 heterocycles. The van der Waals surface area contributed by atoms with Crippen molar-refractivity contribution in [3.05, 3.63) is 128 Å². The summed E-state index contributed by atoms with van der Waals surface area (Å²) in [5.74, 6) is 0. The van der Waals surface area contributed by atoms with Crippen molar-refractivity contribution in [1.29, 1.82) is 0 Å². The summed E-state index contributed by atoms with van der Waals surface area (Å²) in [4.78, 5) is 0. The Hall–Kier alpha value is -3.52. The number of hydrogen-bond acceptors (Lipinski definition) is 2. The lowest BCUT2D eigenvalue weighted by Crippen LogP contribution is -1.99. The number of hydrogen-bond donors (Lipinski definition) is 2. The van der Waals surface area contributed by atoms with E-state index in [0.717, 1.165) is 37.1 Å². The third-order valence-corrected chi connectivity index (χ3v) is 8.73. The van der Waals surface area contributed by atoms with Gasteiger partial charge in [-0.15, -0.1) is 0 Å². The molecule has 204 valence electrons. The quantitative estimate of drug-likeness (QED) is 0.146. The van der Waals surface area contributed by atoms with Crippen LogP contribution < -0.4 is 11.5 Å². The average Bonchev–Trinajstić information content (AvgIpc) is 2.95. The highest BCUT2D eigenvalue weighted by atomic mass is 14.6. The second-order valence-electron chi connectivity index (χ2n) is 11.3. The van der Waals surface area contributed by atoms with Crippen LogP contribution in [0.1, 0.15) is 74.9 Å². The van der Waals surface area contributed by atoms with Gasteiger partial charge in [-0.3, -0.25) is 0 Å². The Labute approximate surface area is 236 Å². The van der Waals surface area contributed by atoms with Crippen molar-refractivity contribution in [1.82, 2.24) is 0 Å². The van der Waals surface area contributed by atoms with Crippen LogP contribution >= 0.6 is 0 Å². The maximum absolute atomic E-state index is 6.04. The number of aryl methyl sites for hydroxylation is 6. The Morgan fingerprint density at radius 1 is 0.359 bits per heavy atom. The molecule has 0 amide bonds. The van der Waals surface area contributed by atoms with Crippen LogP contribution in [-0.2, 0) is 38.5 Å². The van der Waals surface area contributed by atoms with E-state index in [9.17, 15) is 0 Å². The molecule has 39 heavy (non-hydrogen) atoms. The zero-order valence-corrected chi connectivity index (χ0v) is 24.4. The normalized spacial score (nSPS) is 11.2. The van der Waals surface area contributed by atoms with E-state index in [1.54, 1.807) is 0 Å². The predicted octanol–water partition coefficient (Wildman–Crippen LogP) is 8.61. The molecule has 0 saturated heterocycles. The molecule has 0 radical (unpaired) electrons. The SMILES string of the molecule is Cc1c(N)ccc(CCc2ccc(CCCCCc3ccc(CCc4ccc(N)c(C)c4C)cc3)cc2)c1C. The fraction of sp³-hybridized carbons (Fsp3) is 0.351. The standard InChI is InChI=1S/C37H46N2/c1-26-28(3)36(38)24-22-34(26)20-18-32-14-10-30(11-15-32)8-6-5-7-9-31-12-16-33(17-13-31)19-21-35-23-25-37(39)29(4)27(35)2/h10-17,22-25H,5-9,18-21,38-39H2,1-4H3. The molecule has 0 bridgehead atoms. The monoisotopic (exact) mass is 518 g/mol. The molecule has 0 fully saturated rings. The molecule has 2 nitrogen and oxygen atoms in total. The predicted molar refractivity (Wildman–Crippen MR) is 170 cm³/mol. The summed E-state index contributed by atoms with van der Waals surface area (Å²) < 4.78 is 0. The lowest BCUT2D eigenvalue weighted by molar-refractivity contribution is 0.678. The van der Waals surface area contributed by atoms with Gasteiger partial charge < -0.3 is 11.5 Å². The molecule has 0 aliphatic rings. The molecule has 4 rings (SSSR count). The molecule has 0 saturated carbocycles. The van der Waals surface area contributed by atoms with E-state index in [1.807, 2.05) is 12.1 Å². The summed E-state index contributed by atoms with van der Waals surface area (Å²) in [6.07, 6.45) is 10.4. The number of rotatable bonds is 12. The van der Waals surface area contributed by atoms with Crippen LogP contribution in [-0.4, -0.2) is 0 Å². The molecule has 4 aromatic rings. The number of nitrogen functional groups attached to an aromatic ring is 2. The molecule has 2 heteroatoms. The van der Waals surface area contributed by atoms with Crippen LogP contribution in [0, 0.1) is 27.7 Å². The topological polar surface area (TPSA) is 52.0 Å². The smallest absolute Gasteiger partial charge is 0.0346 e. The van der Waals surface area contributed by atoms with Gasteiger partial charge in [-0.25, -0.2) is 0 Å². The first-order valence-electron chi connectivity index (χ1n) is 14.7. The molecular formula is C37H46N2. The van der Waals surface area contributed by atoms with E-state index in [2.05, 4.69) is 88.4 Å². The molecular weight excluding hydrogens is 472 g/mol. The van der Waals surface area contributed by atoms with E-state index in [-0.39, 0.29) is 0 Å². The summed E-state index contributed by atoms with van der Waals surface area (Å²) in [6.45, 7) is 8.60. The third-order valence-electron chi connectivity index (χ3n) is 8.73. The van der Waals surface area contributed by atoms with Gasteiger partial charge in [0.25, 0.3) is 0 Å². The van der Waals surface area contributed by atoms with Crippen LogP contribution in [0.15, 0.2) is 72.8 Å². The second kappa shape index (κ2) is 13.5. The highest BCUT2D eigenvalue weighted by Crippen LogP contribution is 2.22. The van der Waals surface area contributed by atoms with E-state index < -0.39 is 0 Å². The van der Waals surface area contributed by atoms with Gasteiger partial charge in [0.2, 0.25) is 0 Å². The zero-order chi connectivity index (χ0) is 27.8. The van der Waals surface area contributed by atoms with Crippen molar-refractivity contribution >= 4 is 11.4 Å². The Bertz CT molecular complexity index is 1260. The minimum atomic E-state index is 0.894. The minimum Gasteiger partial charge on any atom is -0.399 e. The average molecular weight is 519 g/mol. The number of benzene rings is 4. The van der Waals surface area contributed by atoms with Crippen molar-refractivity contribution in [3.63, 3.8) is 0 Å². The van der Waals surface area contributed by atoms with Gasteiger partial charge in [0, 0.05) is 11.4 Å². The van der Waals surface area contributed by atoms with Crippen molar-refractivity contribution in [2.75, 3.05) is 11.5 Å². The van der Waals surface area contributed by atoms with E-state index in [4.69, 9.17) is 11.5 Å². The Morgan fingerprint density at radius 2 is 0.692 bits per heavy atom. The summed E-state index contributed by atoms with van der Waals surface area (Å²) >= 11 is 0. The third kappa shape index (κ3) is 7.76. The van der Waals surface area contributed by atoms with Crippen LogP contribution in [0.3, 0.4) is 0 Å². The van der Waals surface area contributed by atoms with Crippen molar-refractivity contribution in [3.8, 4) is 0 Å². The molecule has 0 aliphatic heterocycles. The second-order valence-corrected chi connectivity index (χ2v) is 11.3. The molecule has 0 atom stereocenters. The lowest BCUT2D eigenvalue weighted by Gasteiger charge is -2.11. The van der Waals surface area contributed by atoms with Gasteiger partial charge in [0.15, 0.2) is 0 Å². The summed E-state index contributed by atoms with van der Waals surface area (Å²) in [6, 6.07) is 27.0. The van der Waals surface area contributed by atoms with E-state index in [1.165, 1.54) is 87.7 Å². The van der Waals surface area contributed by atoms with Gasteiger partial charge in [-0.2, -0.15) is 0 Å². The highest BCUT2D eigenvalue weighted by Gasteiger charge is 2.06. The number of anilines is 2. The zero-order valence-electron chi connectivity index (χ0n) is 24.4. The molecule has 0 aromatic heterocycles. The van der Waals surface area contributed by atoms with Crippen LogP contribution in [0.25, 0.3) is 0 Å². The highest BCUT2D eigenvalue weighted by molar-refractivity contribution is 5.53. The first-order valence-corrected chi connectivity index (χ1v) is 14.7. The summed E-state index contributed by atoms with van der Waals surface area (Å²) in [5.41, 5.74) is 27.5. The fourth-order valence-electron chi connectivity index (χ4n) is 5.48. The van der Waals surface area contributed by atoms with Crippen LogP contribution in [0.4, 0.5) is 11.4 Å². The van der Waals surface area contributed by atoms with Crippen molar-refractivity contribution < 1.29 is 0 Å². The summed E-state index contributed by atoms with van der Waals surface area (Å²) in [5, 5.41) is 0. The van der Waals surface area contributed by atoms with Gasteiger partial charge >= 0.3 is 0 Å². The van der Waals surface area contributed by atoms with Crippen molar-refractivity contribution in [2.45, 2.75) is 85.5 Å².